The molecule has 0 radical (unpaired) electrons. The molecule has 0 fully saturated rings. The van der Waals surface area contributed by atoms with Crippen LogP contribution in [0.5, 0.6) is 5.75 Å². The summed E-state index contributed by atoms with van der Waals surface area (Å²) in [4.78, 5) is 23.0. The Balaban J connectivity index is 1.51. The number of anilines is 1. The van der Waals surface area contributed by atoms with Gasteiger partial charge in [-0.15, -0.1) is 0 Å². The first-order valence-corrected chi connectivity index (χ1v) is 8.50. The monoisotopic (exact) mass is 338 g/mol. The number of amides is 2. The number of ether oxygens (including phenoxy) is 1. The quantitative estimate of drug-likeness (QED) is 0.814. The van der Waals surface area contributed by atoms with Gasteiger partial charge in [-0.2, -0.15) is 0 Å². The van der Waals surface area contributed by atoms with Gasteiger partial charge in [0.15, 0.2) is 0 Å². The first-order chi connectivity index (χ1) is 12.1. The van der Waals surface area contributed by atoms with Gasteiger partial charge in [-0.3, -0.25) is 9.59 Å². The molecule has 3 rings (SSSR count). The van der Waals surface area contributed by atoms with Gasteiger partial charge in [0, 0.05) is 12.1 Å². The molecule has 0 bridgehead atoms. The second kappa shape index (κ2) is 7.83. The van der Waals surface area contributed by atoms with Crippen LogP contribution in [-0.4, -0.2) is 18.4 Å². The first-order valence-electron chi connectivity index (χ1n) is 8.50. The third kappa shape index (κ3) is 4.59. The number of nitrogens with two attached hydrogens (primary N) is 1. The number of carbonyl (C=O) groups is 2. The average Bonchev–Trinajstić information content (AvgIpc) is 2.99. The minimum atomic E-state index is -0.391. The maximum atomic E-state index is 12.3. The molecule has 2 aromatic rings. The van der Waals surface area contributed by atoms with Crippen molar-refractivity contribution in [3.8, 4) is 5.75 Å². The molecule has 5 heteroatoms. The van der Waals surface area contributed by atoms with Crippen molar-refractivity contribution in [2.45, 2.75) is 31.6 Å². The van der Waals surface area contributed by atoms with E-state index in [9.17, 15) is 9.59 Å². The van der Waals surface area contributed by atoms with Crippen molar-refractivity contribution >= 4 is 17.5 Å². The van der Waals surface area contributed by atoms with E-state index in [1.54, 1.807) is 24.3 Å². The number of carbonyl (C=O) groups excluding carboxylic acids is 2. The van der Waals surface area contributed by atoms with E-state index >= 15 is 0 Å². The van der Waals surface area contributed by atoms with Crippen LogP contribution in [-0.2, 0) is 16.0 Å². The Hall–Kier alpha value is -2.82. The molecule has 0 unspecified atom stereocenters. The fourth-order valence-corrected chi connectivity index (χ4v) is 3.20. The van der Waals surface area contributed by atoms with E-state index < -0.39 is 5.91 Å². The standard InChI is InChI=1S/C20H22N2O3/c21-19(23)11-12-25-17-9-7-16(8-10-17)22-20(24)13-15-6-5-14-3-1-2-4-18(14)15/h1-4,7-10,15H,5-6,11-13H2,(H2,21,23)(H,22,24)/t15-/m0/s1. The zero-order chi connectivity index (χ0) is 17.6. The molecule has 2 amide bonds. The zero-order valence-electron chi connectivity index (χ0n) is 14.0. The predicted octanol–water partition coefficient (Wildman–Crippen LogP) is 3.00. The molecule has 0 aliphatic heterocycles. The molecule has 0 saturated carbocycles. The third-order valence-corrected chi connectivity index (χ3v) is 4.44. The van der Waals surface area contributed by atoms with Gasteiger partial charge in [-0.25, -0.2) is 0 Å². The summed E-state index contributed by atoms with van der Waals surface area (Å²) in [5.74, 6) is 0.568. The van der Waals surface area contributed by atoms with Crippen LogP contribution in [0.2, 0.25) is 0 Å². The maximum absolute atomic E-state index is 12.3. The summed E-state index contributed by atoms with van der Waals surface area (Å²) < 4.78 is 5.41. The summed E-state index contributed by atoms with van der Waals surface area (Å²) in [7, 11) is 0. The lowest BCUT2D eigenvalue weighted by molar-refractivity contribution is -0.118. The molecule has 3 N–H and O–H groups in total. The van der Waals surface area contributed by atoms with E-state index in [2.05, 4.69) is 17.4 Å². The van der Waals surface area contributed by atoms with Crippen LogP contribution in [0, 0.1) is 0 Å². The second-order valence-electron chi connectivity index (χ2n) is 6.28. The van der Waals surface area contributed by atoms with Crippen LogP contribution in [0.1, 0.15) is 36.3 Å². The van der Waals surface area contributed by atoms with Gasteiger partial charge < -0.3 is 15.8 Å². The van der Waals surface area contributed by atoms with Crippen LogP contribution in [0.3, 0.4) is 0 Å². The highest BCUT2D eigenvalue weighted by Gasteiger charge is 2.24. The Kier molecular flexibility index (Phi) is 5.33. The van der Waals surface area contributed by atoms with Crippen LogP contribution in [0.25, 0.3) is 0 Å². The van der Waals surface area contributed by atoms with E-state index in [0.717, 1.165) is 18.5 Å². The Morgan fingerprint density at radius 1 is 1.12 bits per heavy atom. The van der Waals surface area contributed by atoms with Crippen LogP contribution in [0.4, 0.5) is 5.69 Å². The van der Waals surface area contributed by atoms with Crippen molar-refractivity contribution < 1.29 is 14.3 Å². The highest BCUT2D eigenvalue weighted by molar-refractivity contribution is 5.91. The van der Waals surface area contributed by atoms with Gasteiger partial charge in [0.25, 0.3) is 0 Å². The minimum Gasteiger partial charge on any atom is -0.493 e. The Morgan fingerprint density at radius 2 is 1.88 bits per heavy atom. The van der Waals surface area contributed by atoms with E-state index in [1.807, 2.05) is 12.1 Å². The van der Waals surface area contributed by atoms with Gasteiger partial charge in [-0.1, -0.05) is 24.3 Å². The van der Waals surface area contributed by atoms with E-state index in [0.29, 0.717) is 18.1 Å². The molecule has 5 nitrogen and oxygen atoms in total. The lowest BCUT2D eigenvalue weighted by atomic mass is 9.97. The van der Waals surface area contributed by atoms with Gasteiger partial charge in [0.05, 0.1) is 13.0 Å². The third-order valence-electron chi connectivity index (χ3n) is 4.44. The lowest BCUT2D eigenvalue weighted by Crippen LogP contribution is -2.15. The van der Waals surface area contributed by atoms with Crippen molar-refractivity contribution in [2.75, 3.05) is 11.9 Å². The molecule has 0 aromatic heterocycles. The highest BCUT2D eigenvalue weighted by Crippen LogP contribution is 2.35. The van der Waals surface area contributed by atoms with Crippen molar-refractivity contribution in [3.05, 3.63) is 59.7 Å². The first kappa shape index (κ1) is 17.0. The molecule has 1 aliphatic carbocycles. The van der Waals surface area contributed by atoms with Crippen LogP contribution >= 0.6 is 0 Å². The summed E-state index contributed by atoms with van der Waals surface area (Å²) in [6.45, 7) is 0.252. The van der Waals surface area contributed by atoms with Gasteiger partial charge in [0.1, 0.15) is 5.75 Å². The topological polar surface area (TPSA) is 81.4 Å². The smallest absolute Gasteiger partial charge is 0.224 e. The number of hydrogen-bond donors (Lipinski definition) is 2. The van der Waals surface area contributed by atoms with Crippen molar-refractivity contribution in [3.63, 3.8) is 0 Å². The van der Waals surface area contributed by atoms with E-state index in [-0.39, 0.29) is 18.9 Å². The number of fused-ring (bicyclic) bond motifs is 1. The fraction of sp³-hybridized carbons (Fsp3) is 0.300. The number of hydrogen-bond acceptors (Lipinski definition) is 3. The summed E-state index contributed by atoms with van der Waals surface area (Å²) in [5.41, 5.74) is 8.46. The molecule has 130 valence electrons. The average molecular weight is 338 g/mol. The number of aryl methyl sites for hydroxylation is 1. The molecular formula is C20H22N2O3. The predicted molar refractivity (Wildman–Crippen MR) is 96.5 cm³/mol. The van der Waals surface area contributed by atoms with Crippen molar-refractivity contribution in [1.29, 1.82) is 0 Å². The van der Waals surface area contributed by atoms with Gasteiger partial charge in [0.2, 0.25) is 11.8 Å². The van der Waals surface area contributed by atoms with Gasteiger partial charge >= 0.3 is 0 Å². The molecule has 25 heavy (non-hydrogen) atoms. The van der Waals surface area contributed by atoms with Crippen LogP contribution < -0.4 is 15.8 Å². The molecule has 0 heterocycles. The summed E-state index contributed by atoms with van der Waals surface area (Å²) >= 11 is 0. The van der Waals surface area contributed by atoms with Crippen molar-refractivity contribution in [2.24, 2.45) is 5.73 Å². The Labute approximate surface area is 147 Å². The summed E-state index contributed by atoms with van der Waals surface area (Å²) in [5, 5.41) is 2.93. The Bertz CT molecular complexity index is 756. The second-order valence-corrected chi connectivity index (χ2v) is 6.28. The lowest BCUT2D eigenvalue weighted by Gasteiger charge is -2.12. The minimum absolute atomic E-state index is 0.0177. The SMILES string of the molecule is NC(=O)CCOc1ccc(NC(=O)C[C@@H]2CCc3ccccc32)cc1. The maximum Gasteiger partial charge on any atom is 0.224 e. The summed E-state index contributed by atoms with van der Waals surface area (Å²) in [6, 6.07) is 15.5. The number of nitrogens with one attached hydrogen (secondary N) is 1. The summed E-state index contributed by atoms with van der Waals surface area (Å²) in [6.07, 6.45) is 2.75. The number of rotatable bonds is 7. The largest absolute Gasteiger partial charge is 0.493 e. The van der Waals surface area contributed by atoms with E-state index in [4.69, 9.17) is 10.5 Å². The van der Waals surface area contributed by atoms with Gasteiger partial charge in [-0.05, 0) is 54.2 Å². The number of benzene rings is 2. The fourth-order valence-electron chi connectivity index (χ4n) is 3.20. The van der Waals surface area contributed by atoms with Crippen molar-refractivity contribution in [1.82, 2.24) is 0 Å². The molecule has 2 aromatic carbocycles. The normalized spacial score (nSPS) is 15.4. The Morgan fingerprint density at radius 3 is 2.64 bits per heavy atom. The molecule has 0 saturated heterocycles. The van der Waals surface area contributed by atoms with E-state index in [1.165, 1.54) is 11.1 Å². The number of primary amides is 1. The molecular weight excluding hydrogens is 316 g/mol. The zero-order valence-corrected chi connectivity index (χ0v) is 14.0. The van der Waals surface area contributed by atoms with Crippen LogP contribution in [0.15, 0.2) is 48.5 Å². The molecule has 1 aliphatic rings. The molecule has 0 spiro atoms. The highest BCUT2D eigenvalue weighted by atomic mass is 16.5. The molecule has 1 atom stereocenters.